The van der Waals surface area contributed by atoms with Crippen LogP contribution in [0.1, 0.15) is 28.8 Å². The van der Waals surface area contributed by atoms with Crippen molar-refractivity contribution >= 4 is 39.1 Å². The molecule has 6 heteroatoms. The minimum Gasteiger partial charge on any atom is -0.497 e. The quantitative estimate of drug-likeness (QED) is 0.835. The fourth-order valence-electron chi connectivity index (χ4n) is 2.88. The van der Waals surface area contributed by atoms with Crippen LogP contribution in [-0.4, -0.2) is 25.5 Å². The highest BCUT2D eigenvalue weighted by molar-refractivity contribution is 9.10. The van der Waals surface area contributed by atoms with Crippen LogP contribution in [0.25, 0.3) is 0 Å². The number of carbonyl (C=O) groups is 2. The Morgan fingerprint density at radius 2 is 2.04 bits per heavy atom. The molecule has 0 atom stereocenters. The standard InChI is InChI=1S/C19H19BrN2O3/c1-12-5-6-13(10-17(12)22-9-3-4-18(22)23)21-19(24)15-11-14(25-2)7-8-16(15)20/h5-8,10-11H,3-4,9H2,1-2H3,(H,21,24). The first-order valence-electron chi connectivity index (χ1n) is 8.05. The van der Waals surface area contributed by atoms with Crippen molar-refractivity contribution in [3.63, 3.8) is 0 Å². The highest BCUT2D eigenvalue weighted by atomic mass is 79.9. The molecule has 3 rings (SSSR count). The molecule has 2 aromatic carbocycles. The van der Waals surface area contributed by atoms with Crippen LogP contribution in [0.2, 0.25) is 0 Å². The number of nitrogens with one attached hydrogen (secondary N) is 1. The maximum atomic E-state index is 12.6. The minimum atomic E-state index is -0.242. The summed E-state index contributed by atoms with van der Waals surface area (Å²) in [4.78, 5) is 26.4. The molecule has 1 aliphatic heterocycles. The molecule has 0 aliphatic carbocycles. The van der Waals surface area contributed by atoms with Gasteiger partial charge >= 0.3 is 0 Å². The van der Waals surface area contributed by atoms with Crippen LogP contribution in [-0.2, 0) is 4.79 Å². The van der Waals surface area contributed by atoms with Crippen molar-refractivity contribution in [3.8, 4) is 5.75 Å². The van der Waals surface area contributed by atoms with Gasteiger partial charge in [-0.1, -0.05) is 6.07 Å². The molecule has 2 aromatic rings. The molecular weight excluding hydrogens is 384 g/mol. The van der Waals surface area contributed by atoms with E-state index in [4.69, 9.17) is 4.74 Å². The number of carbonyl (C=O) groups excluding carboxylic acids is 2. The van der Waals surface area contributed by atoms with E-state index in [1.807, 2.05) is 25.1 Å². The van der Waals surface area contributed by atoms with E-state index < -0.39 is 0 Å². The number of nitrogens with zero attached hydrogens (tertiary/aromatic N) is 1. The lowest BCUT2D eigenvalue weighted by molar-refractivity contribution is -0.117. The zero-order valence-electron chi connectivity index (χ0n) is 14.1. The summed E-state index contributed by atoms with van der Waals surface area (Å²) in [6, 6.07) is 10.8. The van der Waals surface area contributed by atoms with Gasteiger partial charge in [-0.3, -0.25) is 9.59 Å². The topological polar surface area (TPSA) is 58.6 Å². The van der Waals surface area contributed by atoms with Gasteiger partial charge in [0, 0.05) is 28.8 Å². The van der Waals surface area contributed by atoms with Gasteiger partial charge in [-0.05, 0) is 65.2 Å². The Morgan fingerprint density at radius 1 is 1.24 bits per heavy atom. The van der Waals surface area contributed by atoms with Gasteiger partial charge < -0.3 is 15.0 Å². The predicted octanol–water partition coefficient (Wildman–Crippen LogP) is 4.15. The number of halogens is 1. The molecule has 5 nitrogen and oxygen atoms in total. The Labute approximate surface area is 155 Å². The number of hydrogen-bond donors (Lipinski definition) is 1. The van der Waals surface area contributed by atoms with E-state index in [1.54, 1.807) is 30.2 Å². The van der Waals surface area contributed by atoms with E-state index >= 15 is 0 Å². The summed E-state index contributed by atoms with van der Waals surface area (Å²) in [5.41, 5.74) is 3.00. The second-order valence-electron chi connectivity index (χ2n) is 5.95. The largest absolute Gasteiger partial charge is 0.497 e. The van der Waals surface area contributed by atoms with Crippen molar-refractivity contribution in [2.45, 2.75) is 19.8 Å². The first-order valence-corrected chi connectivity index (χ1v) is 8.85. The van der Waals surface area contributed by atoms with E-state index in [2.05, 4.69) is 21.2 Å². The number of anilines is 2. The third kappa shape index (κ3) is 3.69. The van der Waals surface area contributed by atoms with E-state index in [1.165, 1.54) is 0 Å². The number of rotatable bonds is 4. The SMILES string of the molecule is COc1ccc(Br)c(C(=O)Nc2ccc(C)c(N3CCCC3=O)c2)c1. The van der Waals surface area contributed by atoms with Crippen LogP contribution >= 0.6 is 15.9 Å². The fraction of sp³-hybridized carbons (Fsp3) is 0.263. The molecule has 25 heavy (non-hydrogen) atoms. The third-order valence-corrected chi connectivity index (χ3v) is 4.94. The molecule has 0 radical (unpaired) electrons. The van der Waals surface area contributed by atoms with Gasteiger partial charge in [-0.2, -0.15) is 0 Å². The van der Waals surface area contributed by atoms with Crippen molar-refractivity contribution in [1.82, 2.24) is 0 Å². The third-order valence-electron chi connectivity index (χ3n) is 4.25. The summed E-state index contributed by atoms with van der Waals surface area (Å²) in [5.74, 6) is 0.496. The van der Waals surface area contributed by atoms with E-state index in [-0.39, 0.29) is 11.8 Å². The number of methoxy groups -OCH3 is 1. The number of ether oxygens (including phenoxy) is 1. The average Bonchev–Trinajstić information content (AvgIpc) is 3.02. The molecule has 1 N–H and O–H groups in total. The zero-order valence-corrected chi connectivity index (χ0v) is 15.7. The molecule has 130 valence electrons. The normalized spacial score (nSPS) is 13.9. The molecule has 0 saturated carbocycles. The number of benzene rings is 2. The molecule has 0 bridgehead atoms. The first kappa shape index (κ1) is 17.5. The van der Waals surface area contributed by atoms with Gasteiger partial charge in [-0.25, -0.2) is 0 Å². The molecular formula is C19H19BrN2O3. The highest BCUT2D eigenvalue weighted by Gasteiger charge is 2.23. The van der Waals surface area contributed by atoms with Gasteiger partial charge in [-0.15, -0.1) is 0 Å². The van der Waals surface area contributed by atoms with E-state index in [9.17, 15) is 9.59 Å². The Kier molecular flexibility index (Phi) is 5.08. The summed E-state index contributed by atoms with van der Waals surface area (Å²) < 4.78 is 5.87. The molecule has 1 fully saturated rings. The Balaban J connectivity index is 1.86. The average molecular weight is 403 g/mol. The summed E-state index contributed by atoms with van der Waals surface area (Å²) in [6.45, 7) is 2.68. The summed E-state index contributed by atoms with van der Waals surface area (Å²) in [6.07, 6.45) is 1.44. The lowest BCUT2D eigenvalue weighted by Gasteiger charge is -2.19. The van der Waals surface area contributed by atoms with Crippen molar-refractivity contribution in [1.29, 1.82) is 0 Å². The van der Waals surface area contributed by atoms with Gasteiger partial charge in [0.2, 0.25) is 5.91 Å². The Morgan fingerprint density at radius 3 is 2.72 bits per heavy atom. The Bertz CT molecular complexity index is 835. The molecule has 1 aliphatic rings. The fourth-order valence-corrected chi connectivity index (χ4v) is 3.31. The molecule has 2 amide bonds. The molecule has 0 unspecified atom stereocenters. The van der Waals surface area contributed by atoms with Crippen molar-refractivity contribution in [3.05, 3.63) is 52.0 Å². The maximum absolute atomic E-state index is 12.6. The van der Waals surface area contributed by atoms with Crippen LogP contribution in [0.3, 0.4) is 0 Å². The van der Waals surface area contributed by atoms with Crippen molar-refractivity contribution in [2.75, 3.05) is 23.9 Å². The number of amides is 2. The van der Waals surface area contributed by atoms with Gasteiger partial charge in [0.05, 0.1) is 12.7 Å². The lowest BCUT2D eigenvalue weighted by atomic mass is 10.1. The van der Waals surface area contributed by atoms with Crippen LogP contribution in [0.15, 0.2) is 40.9 Å². The van der Waals surface area contributed by atoms with Crippen molar-refractivity contribution < 1.29 is 14.3 Å². The smallest absolute Gasteiger partial charge is 0.256 e. The molecule has 0 aromatic heterocycles. The summed E-state index contributed by atoms with van der Waals surface area (Å²) in [7, 11) is 1.56. The maximum Gasteiger partial charge on any atom is 0.256 e. The zero-order chi connectivity index (χ0) is 18.0. The lowest BCUT2D eigenvalue weighted by Crippen LogP contribution is -2.24. The molecule has 0 spiro atoms. The first-order chi connectivity index (χ1) is 12.0. The highest BCUT2D eigenvalue weighted by Crippen LogP contribution is 2.29. The van der Waals surface area contributed by atoms with Crippen LogP contribution in [0.5, 0.6) is 5.75 Å². The van der Waals surface area contributed by atoms with Crippen LogP contribution in [0.4, 0.5) is 11.4 Å². The predicted molar refractivity (Wildman–Crippen MR) is 101 cm³/mol. The van der Waals surface area contributed by atoms with Gasteiger partial charge in [0.1, 0.15) is 5.75 Å². The Hall–Kier alpha value is -2.34. The molecule has 1 saturated heterocycles. The molecule has 1 heterocycles. The number of aryl methyl sites for hydroxylation is 1. The summed E-state index contributed by atoms with van der Waals surface area (Å²) in [5, 5.41) is 2.89. The number of hydrogen-bond acceptors (Lipinski definition) is 3. The van der Waals surface area contributed by atoms with Crippen molar-refractivity contribution in [2.24, 2.45) is 0 Å². The van der Waals surface area contributed by atoms with Gasteiger partial charge in [0.15, 0.2) is 0 Å². The van der Waals surface area contributed by atoms with Crippen LogP contribution in [0, 0.1) is 6.92 Å². The van der Waals surface area contributed by atoms with Crippen LogP contribution < -0.4 is 15.0 Å². The van der Waals surface area contributed by atoms with E-state index in [0.717, 1.165) is 24.2 Å². The van der Waals surface area contributed by atoms with E-state index in [0.29, 0.717) is 27.9 Å². The summed E-state index contributed by atoms with van der Waals surface area (Å²) >= 11 is 3.39. The second kappa shape index (κ2) is 7.27. The van der Waals surface area contributed by atoms with Gasteiger partial charge in [0.25, 0.3) is 5.91 Å². The monoisotopic (exact) mass is 402 g/mol. The second-order valence-corrected chi connectivity index (χ2v) is 6.80. The minimum absolute atomic E-state index is 0.127.